The molecule has 0 saturated carbocycles. The fourth-order valence-electron chi connectivity index (χ4n) is 2.21. The minimum Gasteiger partial charge on any atom is -0.493 e. The Morgan fingerprint density at radius 2 is 2.26 bits per heavy atom. The molecule has 0 amide bonds. The van der Waals surface area contributed by atoms with Crippen LogP contribution in [0.2, 0.25) is 0 Å². The Morgan fingerprint density at radius 1 is 1.42 bits per heavy atom. The van der Waals surface area contributed by atoms with Gasteiger partial charge in [0, 0.05) is 6.61 Å². The third kappa shape index (κ3) is 3.61. The lowest BCUT2D eigenvalue weighted by atomic mass is 10.0. The van der Waals surface area contributed by atoms with Crippen molar-refractivity contribution in [2.75, 3.05) is 26.9 Å². The van der Waals surface area contributed by atoms with Crippen LogP contribution in [-0.2, 0) is 4.74 Å². The second kappa shape index (κ2) is 6.78. The van der Waals surface area contributed by atoms with Crippen molar-refractivity contribution in [2.24, 2.45) is 5.73 Å². The van der Waals surface area contributed by atoms with Crippen LogP contribution in [0.25, 0.3) is 0 Å². The third-order valence-electron chi connectivity index (χ3n) is 3.52. The summed E-state index contributed by atoms with van der Waals surface area (Å²) in [5.74, 6) is 1.87. The molecular weight excluding hydrogens is 242 g/mol. The molecule has 2 unspecified atom stereocenters. The minimum atomic E-state index is 0.125. The predicted molar refractivity (Wildman–Crippen MR) is 74.9 cm³/mol. The number of benzene rings is 1. The highest BCUT2D eigenvalue weighted by Crippen LogP contribution is 2.32. The molecule has 106 valence electrons. The van der Waals surface area contributed by atoms with Crippen molar-refractivity contribution in [3.8, 4) is 11.5 Å². The van der Waals surface area contributed by atoms with E-state index in [2.05, 4.69) is 13.0 Å². The van der Waals surface area contributed by atoms with Crippen molar-refractivity contribution in [1.29, 1.82) is 0 Å². The smallest absolute Gasteiger partial charge is 0.161 e. The number of nitrogens with two attached hydrogens (primary N) is 1. The summed E-state index contributed by atoms with van der Waals surface area (Å²) in [6.07, 6.45) is 2.21. The van der Waals surface area contributed by atoms with Crippen LogP contribution in [-0.4, -0.2) is 33.0 Å². The minimum absolute atomic E-state index is 0.125. The van der Waals surface area contributed by atoms with Crippen molar-refractivity contribution in [2.45, 2.75) is 31.8 Å². The van der Waals surface area contributed by atoms with Gasteiger partial charge in [-0.25, -0.2) is 0 Å². The van der Waals surface area contributed by atoms with Gasteiger partial charge in [-0.1, -0.05) is 13.0 Å². The molecule has 0 aliphatic carbocycles. The normalized spacial score (nSPS) is 20.9. The molecule has 4 nitrogen and oxygen atoms in total. The van der Waals surface area contributed by atoms with Crippen molar-refractivity contribution in [3.05, 3.63) is 23.8 Å². The first-order chi connectivity index (χ1) is 9.24. The van der Waals surface area contributed by atoms with Gasteiger partial charge in [-0.2, -0.15) is 0 Å². The molecule has 0 aromatic heterocycles. The largest absolute Gasteiger partial charge is 0.493 e. The average molecular weight is 265 g/mol. The van der Waals surface area contributed by atoms with Crippen molar-refractivity contribution < 1.29 is 14.2 Å². The van der Waals surface area contributed by atoms with Gasteiger partial charge in [0.15, 0.2) is 11.5 Å². The maximum Gasteiger partial charge on any atom is 0.161 e. The summed E-state index contributed by atoms with van der Waals surface area (Å²) in [4.78, 5) is 0. The Bertz CT molecular complexity index is 402. The van der Waals surface area contributed by atoms with Crippen LogP contribution in [0, 0.1) is 0 Å². The molecule has 2 atom stereocenters. The first-order valence-electron chi connectivity index (χ1n) is 6.87. The van der Waals surface area contributed by atoms with Gasteiger partial charge in [-0.15, -0.1) is 0 Å². The zero-order valence-electron chi connectivity index (χ0n) is 11.7. The maximum atomic E-state index is 5.96. The molecule has 1 aromatic carbocycles. The molecule has 0 bridgehead atoms. The van der Waals surface area contributed by atoms with E-state index in [1.807, 2.05) is 12.1 Å². The van der Waals surface area contributed by atoms with Crippen LogP contribution < -0.4 is 15.2 Å². The highest BCUT2D eigenvalue weighted by molar-refractivity contribution is 5.44. The second-order valence-corrected chi connectivity index (χ2v) is 5.00. The van der Waals surface area contributed by atoms with Gasteiger partial charge in [-0.05, 0) is 43.0 Å². The van der Waals surface area contributed by atoms with E-state index >= 15 is 0 Å². The van der Waals surface area contributed by atoms with Gasteiger partial charge < -0.3 is 19.9 Å². The molecule has 4 heteroatoms. The highest BCUT2D eigenvalue weighted by Gasteiger charge is 2.18. The number of hydrogen-bond donors (Lipinski definition) is 1. The number of methoxy groups -OCH3 is 1. The van der Waals surface area contributed by atoms with Gasteiger partial charge >= 0.3 is 0 Å². The van der Waals surface area contributed by atoms with E-state index in [4.69, 9.17) is 19.9 Å². The van der Waals surface area contributed by atoms with Crippen molar-refractivity contribution >= 4 is 0 Å². The van der Waals surface area contributed by atoms with Gasteiger partial charge in [-0.3, -0.25) is 0 Å². The van der Waals surface area contributed by atoms with Crippen LogP contribution in [0.15, 0.2) is 18.2 Å². The quantitative estimate of drug-likeness (QED) is 0.887. The van der Waals surface area contributed by atoms with Crippen LogP contribution in [0.3, 0.4) is 0 Å². The molecule has 0 spiro atoms. The van der Waals surface area contributed by atoms with Crippen LogP contribution in [0.5, 0.6) is 11.5 Å². The van der Waals surface area contributed by atoms with E-state index in [1.165, 1.54) is 5.56 Å². The number of ether oxygens (including phenoxy) is 3. The Hall–Kier alpha value is -1.26. The average Bonchev–Trinajstić information content (AvgIpc) is 2.48. The molecule has 19 heavy (non-hydrogen) atoms. The molecule has 1 aliphatic heterocycles. The van der Waals surface area contributed by atoms with Crippen molar-refractivity contribution in [3.63, 3.8) is 0 Å². The van der Waals surface area contributed by atoms with Gasteiger partial charge in [0.05, 0.1) is 13.7 Å². The molecule has 1 fully saturated rings. The summed E-state index contributed by atoms with van der Waals surface area (Å²) in [5, 5.41) is 0. The summed E-state index contributed by atoms with van der Waals surface area (Å²) >= 11 is 0. The Morgan fingerprint density at radius 3 is 2.89 bits per heavy atom. The molecule has 1 aromatic rings. The van der Waals surface area contributed by atoms with Crippen LogP contribution in [0.4, 0.5) is 0 Å². The lowest BCUT2D eigenvalue weighted by Crippen LogP contribution is -2.28. The topological polar surface area (TPSA) is 53.7 Å². The summed E-state index contributed by atoms with van der Waals surface area (Å²) in [6, 6.07) is 6.03. The summed E-state index contributed by atoms with van der Waals surface area (Å²) in [6.45, 7) is 4.22. The number of hydrogen-bond acceptors (Lipinski definition) is 4. The number of rotatable bonds is 5. The highest BCUT2D eigenvalue weighted by atomic mass is 16.5. The fourth-order valence-corrected chi connectivity index (χ4v) is 2.21. The van der Waals surface area contributed by atoms with E-state index in [9.17, 15) is 0 Å². The Balaban J connectivity index is 2.11. The molecule has 2 rings (SSSR count). The standard InChI is InChI=1S/C15H23NO3/c1-11(9-16)12-5-6-14(15(8-12)17-2)19-13-4-3-7-18-10-13/h5-6,8,11,13H,3-4,7,9-10,16H2,1-2H3. The first-order valence-corrected chi connectivity index (χ1v) is 6.87. The maximum absolute atomic E-state index is 5.96. The lowest BCUT2D eigenvalue weighted by molar-refractivity contribution is 0.00643. The Labute approximate surface area is 114 Å². The molecule has 1 aliphatic rings. The van der Waals surface area contributed by atoms with Crippen LogP contribution in [0.1, 0.15) is 31.2 Å². The van der Waals surface area contributed by atoms with E-state index in [0.717, 1.165) is 30.9 Å². The molecule has 2 N–H and O–H groups in total. The van der Waals surface area contributed by atoms with Gasteiger partial charge in [0.1, 0.15) is 6.10 Å². The van der Waals surface area contributed by atoms with E-state index < -0.39 is 0 Å². The third-order valence-corrected chi connectivity index (χ3v) is 3.52. The first kappa shape index (κ1) is 14.2. The summed E-state index contributed by atoms with van der Waals surface area (Å²) in [7, 11) is 1.66. The Kier molecular flexibility index (Phi) is 5.05. The molecule has 0 radical (unpaired) electrons. The van der Waals surface area contributed by atoms with Crippen LogP contribution >= 0.6 is 0 Å². The SMILES string of the molecule is COc1cc(C(C)CN)ccc1OC1CCCOC1. The fraction of sp³-hybridized carbons (Fsp3) is 0.600. The van der Waals surface area contributed by atoms with Gasteiger partial charge in [0.2, 0.25) is 0 Å². The molecular formula is C15H23NO3. The van der Waals surface area contributed by atoms with E-state index in [0.29, 0.717) is 19.1 Å². The lowest BCUT2D eigenvalue weighted by Gasteiger charge is -2.24. The molecule has 1 saturated heterocycles. The molecule has 1 heterocycles. The zero-order valence-corrected chi connectivity index (χ0v) is 11.7. The van der Waals surface area contributed by atoms with E-state index in [-0.39, 0.29) is 6.10 Å². The van der Waals surface area contributed by atoms with E-state index in [1.54, 1.807) is 7.11 Å². The van der Waals surface area contributed by atoms with Crippen molar-refractivity contribution in [1.82, 2.24) is 0 Å². The zero-order chi connectivity index (χ0) is 13.7. The summed E-state index contributed by atoms with van der Waals surface area (Å²) < 4.78 is 16.8. The van der Waals surface area contributed by atoms with Gasteiger partial charge in [0.25, 0.3) is 0 Å². The monoisotopic (exact) mass is 265 g/mol. The second-order valence-electron chi connectivity index (χ2n) is 5.00. The predicted octanol–water partition coefficient (Wildman–Crippen LogP) is 2.32. The summed E-state index contributed by atoms with van der Waals surface area (Å²) in [5.41, 5.74) is 6.87.